The molecule has 92 valence electrons. The van der Waals surface area contributed by atoms with E-state index in [9.17, 15) is 9.18 Å². The summed E-state index contributed by atoms with van der Waals surface area (Å²) in [5, 5.41) is 0. The number of thiocarbonyl (C=S) groups is 1. The average molecular weight is 254 g/mol. The Balaban J connectivity index is 2.81. The zero-order valence-electron chi connectivity index (χ0n) is 9.87. The van der Waals surface area contributed by atoms with Crippen LogP contribution in [0.5, 0.6) is 0 Å². The number of halogens is 1. The van der Waals surface area contributed by atoms with E-state index >= 15 is 0 Å². The Morgan fingerprint density at radius 3 is 2.76 bits per heavy atom. The molecule has 0 heterocycles. The van der Waals surface area contributed by atoms with Crippen LogP contribution in [0.15, 0.2) is 18.2 Å². The van der Waals surface area contributed by atoms with Crippen molar-refractivity contribution in [2.75, 3.05) is 13.6 Å². The van der Waals surface area contributed by atoms with E-state index in [2.05, 4.69) is 0 Å². The lowest BCUT2D eigenvalue weighted by atomic mass is 10.1. The van der Waals surface area contributed by atoms with Crippen LogP contribution in [-0.2, 0) is 0 Å². The van der Waals surface area contributed by atoms with Crippen LogP contribution >= 0.6 is 12.2 Å². The molecule has 0 saturated carbocycles. The van der Waals surface area contributed by atoms with Crippen molar-refractivity contribution < 1.29 is 9.18 Å². The molecule has 0 aliphatic rings. The highest BCUT2D eigenvalue weighted by Gasteiger charge is 2.14. The summed E-state index contributed by atoms with van der Waals surface area (Å²) in [4.78, 5) is 13.9. The predicted molar refractivity (Wildman–Crippen MR) is 69.5 cm³/mol. The number of rotatable bonds is 4. The van der Waals surface area contributed by atoms with E-state index in [4.69, 9.17) is 18.0 Å². The summed E-state index contributed by atoms with van der Waals surface area (Å²) in [6.45, 7) is 2.21. The molecule has 0 unspecified atom stereocenters. The van der Waals surface area contributed by atoms with Gasteiger partial charge in [-0.1, -0.05) is 18.3 Å². The van der Waals surface area contributed by atoms with Gasteiger partial charge in [0.25, 0.3) is 5.91 Å². The monoisotopic (exact) mass is 254 g/mol. The number of nitrogens with zero attached hydrogens (tertiary/aromatic N) is 1. The molecule has 0 fully saturated rings. The van der Waals surface area contributed by atoms with Gasteiger partial charge in [0.05, 0.1) is 4.99 Å². The van der Waals surface area contributed by atoms with Crippen molar-refractivity contribution in [1.29, 1.82) is 0 Å². The van der Waals surface area contributed by atoms with E-state index in [1.807, 2.05) is 0 Å². The first-order chi connectivity index (χ1) is 7.91. The number of carbonyl (C=O) groups excluding carboxylic acids is 1. The zero-order valence-corrected chi connectivity index (χ0v) is 10.7. The Labute approximate surface area is 105 Å². The van der Waals surface area contributed by atoms with Gasteiger partial charge in [-0.25, -0.2) is 4.39 Å². The van der Waals surface area contributed by atoms with E-state index in [1.54, 1.807) is 20.0 Å². The van der Waals surface area contributed by atoms with Crippen LogP contribution in [0.3, 0.4) is 0 Å². The van der Waals surface area contributed by atoms with Gasteiger partial charge in [0, 0.05) is 25.6 Å². The molecule has 0 saturated heterocycles. The minimum atomic E-state index is -0.415. The number of hydrogen-bond donors (Lipinski definition) is 1. The molecule has 1 amide bonds. The highest BCUT2D eigenvalue weighted by Crippen LogP contribution is 2.12. The summed E-state index contributed by atoms with van der Waals surface area (Å²) in [6, 6.07) is 4.17. The van der Waals surface area contributed by atoms with Crippen LogP contribution in [-0.4, -0.2) is 29.4 Å². The molecule has 0 radical (unpaired) electrons. The van der Waals surface area contributed by atoms with E-state index in [0.717, 1.165) is 5.56 Å². The van der Waals surface area contributed by atoms with Crippen molar-refractivity contribution in [2.45, 2.75) is 13.3 Å². The van der Waals surface area contributed by atoms with E-state index in [-0.39, 0.29) is 5.91 Å². The first-order valence-corrected chi connectivity index (χ1v) is 5.62. The van der Waals surface area contributed by atoms with Crippen LogP contribution in [0.4, 0.5) is 4.39 Å². The maximum atomic E-state index is 13.1. The van der Waals surface area contributed by atoms with Crippen molar-refractivity contribution in [1.82, 2.24) is 4.90 Å². The van der Waals surface area contributed by atoms with Gasteiger partial charge in [0.1, 0.15) is 5.82 Å². The van der Waals surface area contributed by atoms with Gasteiger partial charge in [0.2, 0.25) is 0 Å². The molecule has 0 aliphatic carbocycles. The van der Waals surface area contributed by atoms with Gasteiger partial charge in [-0.05, 0) is 24.6 Å². The SMILES string of the molecule is Cc1ccc(F)cc1C(=O)N(C)CCC(N)=S. The van der Waals surface area contributed by atoms with Crippen molar-refractivity contribution >= 4 is 23.1 Å². The van der Waals surface area contributed by atoms with Gasteiger partial charge in [-0.15, -0.1) is 0 Å². The van der Waals surface area contributed by atoms with E-state index in [1.165, 1.54) is 17.0 Å². The second-order valence-corrected chi connectivity index (χ2v) is 4.43. The second kappa shape index (κ2) is 5.72. The topological polar surface area (TPSA) is 46.3 Å². The number of hydrogen-bond acceptors (Lipinski definition) is 2. The standard InChI is InChI=1S/C12H15FN2OS/c1-8-3-4-9(13)7-10(8)12(16)15(2)6-5-11(14)17/h3-4,7H,5-6H2,1-2H3,(H2,14,17). The van der Waals surface area contributed by atoms with E-state index in [0.29, 0.717) is 23.5 Å². The maximum Gasteiger partial charge on any atom is 0.253 e. The third-order valence-electron chi connectivity index (χ3n) is 2.47. The average Bonchev–Trinajstić information content (AvgIpc) is 2.28. The number of benzene rings is 1. The second-order valence-electron chi connectivity index (χ2n) is 3.90. The lowest BCUT2D eigenvalue weighted by Crippen LogP contribution is -2.30. The number of carbonyl (C=O) groups is 1. The van der Waals surface area contributed by atoms with Crippen molar-refractivity contribution in [3.63, 3.8) is 0 Å². The van der Waals surface area contributed by atoms with Gasteiger partial charge >= 0.3 is 0 Å². The minimum Gasteiger partial charge on any atom is -0.393 e. The van der Waals surface area contributed by atoms with Crippen LogP contribution in [0.25, 0.3) is 0 Å². The number of aryl methyl sites for hydroxylation is 1. The highest BCUT2D eigenvalue weighted by molar-refractivity contribution is 7.80. The van der Waals surface area contributed by atoms with E-state index < -0.39 is 5.82 Å². The fourth-order valence-electron chi connectivity index (χ4n) is 1.41. The largest absolute Gasteiger partial charge is 0.393 e. The smallest absolute Gasteiger partial charge is 0.253 e. The van der Waals surface area contributed by atoms with Crippen LogP contribution < -0.4 is 5.73 Å². The zero-order chi connectivity index (χ0) is 13.0. The number of amides is 1. The summed E-state index contributed by atoms with van der Waals surface area (Å²) < 4.78 is 13.1. The highest BCUT2D eigenvalue weighted by atomic mass is 32.1. The Morgan fingerprint density at radius 2 is 2.18 bits per heavy atom. The molecular formula is C12H15FN2OS. The van der Waals surface area contributed by atoms with Crippen LogP contribution in [0.2, 0.25) is 0 Å². The molecular weight excluding hydrogens is 239 g/mol. The molecule has 17 heavy (non-hydrogen) atoms. The molecule has 0 aliphatic heterocycles. The molecule has 0 spiro atoms. The molecule has 3 nitrogen and oxygen atoms in total. The predicted octanol–water partition coefficient (Wildman–Crippen LogP) is 1.88. The van der Waals surface area contributed by atoms with Gasteiger partial charge < -0.3 is 10.6 Å². The van der Waals surface area contributed by atoms with Gasteiger partial charge in [0.15, 0.2) is 0 Å². The molecule has 1 rings (SSSR count). The summed E-state index contributed by atoms with van der Waals surface area (Å²) in [5.74, 6) is -0.639. The lowest BCUT2D eigenvalue weighted by molar-refractivity contribution is 0.0797. The molecule has 0 bridgehead atoms. The summed E-state index contributed by atoms with van der Waals surface area (Å²) >= 11 is 4.74. The molecule has 0 atom stereocenters. The quantitative estimate of drug-likeness (QED) is 0.835. The summed E-state index contributed by atoms with van der Waals surface area (Å²) in [7, 11) is 1.64. The van der Waals surface area contributed by atoms with Crippen molar-refractivity contribution in [2.24, 2.45) is 5.73 Å². The van der Waals surface area contributed by atoms with Crippen molar-refractivity contribution in [3.8, 4) is 0 Å². The number of nitrogens with two attached hydrogens (primary N) is 1. The Morgan fingerprint density at radius 1 is 1.53 bits per heavy atom. The third-order valence-corrected chi connectivity index (χ3v) is 2.67. The fraction of sp³-hybridized carbons (Fsp3) is 0.333. The molecule has 2 N–H and O–H groups in total. The molecule has 0 aromatic heterocycles. The Bertz CT molecular complexity index is 448. The minimum absolute atomic E-state index is 0.224. The van der Waals surface area contributed by atoms with Gasteiger partial charge in [-0.3, -0.25) is 4.79 Å². The van der Waals surface area contributed by atoms with Crippen LogP contribution in [0.1, 0.15) is 22.3 Å². The summed E-state index contributed by atoms with van der Waals surface area (Å²) in [5.41, 5.74) is 6.49. The lowest BCUT2D eigenvalue weighted by Gasteiger charge is -2.18. The third kappa shape index (κ3) is 3.78. The molecule has 5 heteroatoms. The normalized spacial score (nSPS) is 10.1. The maximum absolute atomic E-state index is 13.1. The first-order valence-electron chi connectivity index (χ1n) is 5.21. The van der Waals surface area contributed by atoms with Crippen molar-refractivity contribution in [3.05, 3.63) is 35.1 Å². The first kappa shape index (κ1) is 13.6. The Kier molecular flexibility index (Phi) is 4.57. The Hall–Kier alpha value is -1.49. The van der Waals surface area contributed by atoms with Crippen LogP contribution in [0, 0.1) is 12.7 Å². The molecule has 1 aromatic carbocycles. The molecule has 1 aromatic rings. The van der Waals surface area contributed by atoms with Gasteiger partial charge in [-0.2, -0.15) is 0 Å². The fourth-order valence-corrected chi connectivity index (χ4v) is 1.50. The summed E-state index contributed by atoms with van der Waals surface area (Å²) in [6.07, 6.45) is 0.464.